The summed E-state index contributed by atoms with van der Waals surface area (Å²) in [6.07, 6.45) is 0.898. The van der Waals surface area contributed by atoms with E-state index in [2.05, 4.69) is 12.2 Å². The van der Waals surface area contributed by atoms with Crippen LogP contribution in [0.4, 0.5) is 0 Å². The number of aryl methyl sites for hydroxylation is 2. The third kappa shape index (κ3) is 4.43. The number of hydrogen-bond donors (Lipinski definition) is 1. The quantitative estimate of drug-likeness (QED) is 0.833. The number of benzene rings is 1. The van der Waals surface area contributed by atoms with E-state index < -0.39 is 5.97 Å². The Bertz CT molecular complexity index is 649. The van der Waals surface area contributed by atoms with E-state index in [9.17, 15) is 9.59 Å². The minimum atomic E-state index is -0.443. The normalized spacial score (nSPS) is 10.3. The molecule has 1 amide bonds. The lowest BCUT2D eigenvalue weighted by Gasteiger charge is -2.05. The third-order valence-electron chi connectivity index (χ3n) is 3.26. The predicted octanol–water partition coefficient (Wildman–Crippen LogP) is 3.09. The van der Waals surface area contributed by atoms with E-state index >= 15 is 0 Å². The molecule has 0 aliphatic carbocycles. The topological polar surface area (TPSA) is 55.4 Å². The number of amides is 1. The SMILES string of the molecule is CCc1cc(C(=O)NCC(=O)OCc2ccccc2)sc1C. The van der Waals surface area contributed by atoms with E-state index in [1.165, 1.54) is 16.9 Å². The van der Waals surface area contributed by atoms with E-state index in [0.29, 0.717) is 4.88 Å². The lowest BCUT2D eigenvalue weighted by molar-refractivity contribution is -0.143. The summed E-state index contributed by atoms with van der Waals surface area (Å²) in [4.78, 5) is 25.4. The fourth-order valence-corrected chi connectivity index (χ4v) is 3.04. The molecule has 0 spiro atoms. The first-order valence-corrected chi connectivity index (χ1v) is 7.99. The number of esters is 1. The number of thiophene rings is 1. The lowest BCUT2D eigenvalue weighted by Crippen LogP contribution is -2.30. The molecule has 1 N–H and O–H groups in total. The van der Waals surface area contributed by atoms with Crippen molar-refractivity contribution in [1.82, 2.24) is 5.32 Å². The van der Waals surface area contributed by atoms with Crippen LogP contribution in [0, 0.1) is 6.92 Å². The highest BCUT2D eigenvalue weighted by Gasteiger charge is 2.13. The number of ether oxygens (including phenoxy) is 1. The van der Waals surface area contributed by atoms with Gasteiger partial charge in [-0.2, -0.15) is 0 Å². The molecule has 22 heavy (non-hydrogen) atoms. The van der Waals surface area contributed by atoms with Crippen LogP contribution in [0.15, 0.2) is 36.4 Å². The monoisotopic (exact) mass is 317 g/mol. The second-order valence-electron chi connectivity index (χ2n) is 4.87. The van der Waals surface area contributed by atoms with Crippen molar-refractivity contribution < 1.29 is 14.3 Å². The molecule has 0 atom stereocenters. The Hall–Kier alpha value is -2.14. The first-order valence-electron chi connectivity index (χ1n) is 7.17. The zero-order valence-electron chi connectivity index (χ0n) is 12.7. The Kier molecular flexibility index (Phi) is 5.72. The molecule has 1 heterocycles. The molecule has 0 aliphatic rings. The van der Waals surface area contributed by atoms with Crippen LogP contribution in [0.1, 0.15) is 32.6 Å². The molecular formula is C17H19NO3S. The maximum atomic E-state index is 12.0. The molecule has 0 saturated carbocycles. The van der Waals surface area contributed by atoms with Crippen molar-refractivity contribution in [2.75, 3.05) is 6.54 Å². The summed E-state index contributed by atoms with van der Waals surface area (Å²) in [6, 6.07) is 11.3. The Labute approximate surface area is 134 Å². The summed E-state index contributed by atoms with van der Waals surface area (Å²) < 4.78 is 5.11. The minimum Gasteiger partial charge on any atom is -0.460 e. The molecule has 0 bridgehead atoms. The van der Waals surface area contributed by atoms with E-state index in [4.69, 9.17) is 4.74 Å². The maximum absolute atomic E-state index is 12.0. The Morgan fingerprint density at radius 1 is 1.23 bits per heavy atom. The van der Waals surface area contributed by atoms with Crippen molar-refractivity contribution in [3.05, 3.63) is 57.3 Å². The number of hydrogen-bond acceptors (Lipinski definition) is 4. The predicted molar refractivity (Wildman–Crippen MR) is 87.0 cm³/mol. The van der Waals surface area contributed by atoms with Gasteiger partial charge in [-0.05, 0) is 30.5 Å². The fraction of sp³-hybridized carbons (Fsp3) is 0.294. The van der Waals surface area contributed by atoms with Crippen LogP contribution < -0.4 is 5.32 Å². The number of rotatable bonds is 6. The third-order valence-corrected chi connectivity index (χ3v) is 4.35. The highest BCUT2D eigenvalue weighted by Crippen LogP contribution is 2.21. The van der Waals surface area contributed by atoms with Gasteiger partial charge in [0.2, 0.25) is 0 Å². The van der Waals surface area contributed by atoms with Gasteiger partial charge in [-0.1, -0.05) is 37.3 Å². The van der Waals surface area contributed by atoms with Gasteiger partial charge in [0.25, 0.3) is 5.91 Å². The molecule has 1 aromatic heterocycles. The van der Waals surface area contributed by atoms with Crippen LogP contribution in [0.2, 0.25) is 0 Å². The lowest BCUT2D eigenvalue weighted by atomic mass is 10.2. The number of carbonyl (C=O) groups is 2. The molecular weight excluding hydrogens is 298 g/mol. The number of nitrogens with one attached hydrogen (secondary N) is 1. The van der Waals surface area contributed by atoms with Crippen LogP contribution in [0.5, 0.6) is 0 Å². The van der Waals surface area contributed by atoms with Gasteiger partial charge >= 0.3 is 5.97 Å². The fourth-order valence-electron chi connectivity index (χ4n) is 2.01. The Morgan fingerprint density at radius 2 is 1.95 bits per heavy atom. The Balaban J connectivity index is 1.79. The molecule has 0 saturated heterocycles. The van der Waals surface area contributed by atoms with Crippen molar-refractivity contribution >= 4 is 23.2 Å². The van der Waals surface area contributed by atoms with Gasteiger partial charge in [-0.25, -0.2) is 0 Å². The summed E-state index contributed by atoms with van der Waals surface area (Å²) in [7, 11) is 0. The second-order valence-corrected chi connectivity index (χ2v) is 6.13. The molecule has 116 valence electrons. The van der Waals surface area contributed by atoms with Crippen LogP contribution in [-0.4, -0.2) is 18.4 Å². The molecule has 0 fully saturated rings. The van der Waals surface area contributed by atoms with Gasteiger partial charge in [-0.15, -0.1) is 11.3 Å². The van der Waals surface area contributed by atoms with Crippen LogP contribution >= 0.6 is 11.3 Å². The average molecular weight is 317 g/mol. The van der Waals surface area contributed by atoms with Gasteiger partial charge in [-0.3, -0.25) is 9.59 Å². The highest BCUT2D eigenvalue weighted by atomic mass is 32.1. The van der Waals surface area contributed by atoms with Crippen LogP contribution in [0.25, 0.3) is 0 Å². The van der Waals surface area contributed by atoms with E-state index in [-0.39, 0.29) is 19.1 Å². The molecule has 0 radical (unpaired) electrons. The first-order chi connectivity index (χ1) is 10.6. The molecule has 5 heteroatoms. The summed E-state index contributed by atoms with van der Waals surface area (Å²) in [5.41, 5.74) is 2.09. The van der Waals surface area contributed by atoms with Gasteiger partial charge < -0.3 is 10.1 Å². The molecule has 4 nitrogen and oxygen atoms in total. The standard InChI is InChI=1S/C17H19NO3S/c1-3-14-9-15(22-12(14)2)17(20)18-10-16(19)21-11-13-7-5-4-6-8-13/h4-9H,3,10-11H2,1-2H3,(H,18,20). The summed E-state index contributed by atoms with van der Waals surface area (Å²) >= 11 is 1.44. The highest BCUT2D eigenvalue weighted by molar-refractivity contribution is 7.14. The molecule has 0 aliphatic heterocycles. The summed E-state index contributed by atoms with van der Waals surface area (Å²) in [5.74, 6) is -0.675. The molecule has 1 aromatic carbocycles. The van der Waals surface area contributed by atoms with Gasteiger partial charge in [0.1, 0.15) is 13.2 Å². The maximum Gasteiger partial charge on any atom is 0.325 e. The van der Waals surface area contributed by atoms with Crippen molar-refractivity contribution in [3.63, 3.8) is 0 Å². The van der Waals surface area contributed by atoms with Crippen molar-refractivity contribution in [2.24, 2.45) is 0 Å². The molecule has 2 aromatic rings. The number of carbonyl (C=O) groups excluding carboxylic acids is 2. The van der Waals surface area contributed by atoms with Crippen molar-refractivity contribution in [1.29, 1.82) is 0 Å². The summed E-state index contributed by atoms with van der Waals surface area (Å²) in [5, 5.41) is 2.60. The Morgan fingerprint density at radius 3 is 2.59 bits per heavy atom. The molecule has 2 rings (SSSR count). The van der Waals surface area contributed by atoms with Gasteiger partial charge in [0.05, 0.1) is 4.88 Å². The van der Waals surface area contributed by atoms with Crippen LogP contribution in [-0.2, 0) is 22.6 Å². The summed E-state index contributed by atoms with van der Waals surface area (Å²) in [6.45, 7) is 4.14. The van der Waals surface area contributed by atoms with Gasteiger partial charge in [0, 0.05) is 4.88 Å². The van der Waals surface area contributed by atoms with E-state index in [1.54, 1.807) is 0 Å². The van der Waals surface area contributed by atoms with E-state index in [1.807, 2.05) is 43.3 Å². The zero-order chi connectivity index (χ0) is 15.9. The minimum absolute atomic E-state index is 0.121. The van der Waals surface area contributed by atoms with Crippen molar-refractivity contribution in [2.45, 2.75) is 26.9 Å². The zero-order valence-corrected chi connectivity index (χ0v) is 13.5. The largest absolute Gasteiger partial charge is 0.460 e. The second kappa shape index (κ2) is 7.75. The van der Waals surface area contributed by atoms with Gasteiger partial charge in [0.15, 0.2) is 0 Å². The average Bonchev–Trinajstić information content (AvgIpc) is 2.92. The van der Waals surface area contributed by atoms with E-state index in [0.717, 1.165) is 16.9 Å². The smallest absolute Gasteiger partial charge is 0.325 e. The first kappa shape index (κ1) is 16.2. The van der Waals surface area contributed by atoms with Crippen molar-refractivity contribution in [3.8, 4) is 0 Å². The molecule has 0 unspecified atom stereocenters. The van der Waals surface area contributed by atoms with Crippen LogP contribution in [0.3, 0.4) is 0 Å².